The number of fused-ring (bicyclic) bond motifs is 2. The van der Waals surface area contributed by atoms with E-state index in [1.807, 2.05) is 114 Å². The van der Waals surface area contributed by atoms with Crippen LogP contribution in [-0.4, -0.2) is 21.4 Å². The predicted octanol–water partition coefficient (Wildman–Crippen LogP) is 8.05. The van der Waals surface area contributed by atoms with Gasteiger partial charge in [-0.05, 0) is 53.1 Å². The highest BCUT2D eigenvalue weighted by Gasteiger charge is 2.25. The number of carboxylic acid groups (broad SMARTS) is 1. The van der Waals surface area contributed by atoms with Crippen molar-refractivity contribution in [2.45, 2.75) is 32.6 Å². The molecule has 0 atom stereocenters. The number of rotatable bonds is 12. The highest BCUT2D eigenvalue weighted by Crippen LogP contribution is 2.33. The van der Waals surface area contributed by atoms with Gasteiger partial charge in [0, 0.05) is 29.4 Å². The summed E-state index contributed by atoms with van der Waals surface area (Å²) in [7, 11) is 0. The van der Waals surface area contributed by atoms with Gasteiger partial charge >= 0.3 is 5.97 Å². The Morgan fingerprint density at radius 3 is 2.09 bits per heavy atom. The van der Waals surface area contributed by atoms with Gasteiger partial charge < -0.3 is 19.1 Å². The third-order valence-corrected chi connectivity index (χ3v) is 7.52. The summed E-state index contributed by atoms with van der Waals surface area (Å²) < 4.78 is 14.5. The van der Waals surface area contributed by atoms with Crippen molar-refractivity contribution in [2.75, 3.05) is 0 Å². The number of nitrogens with zero attached hydrogens (tertiary/aromatic N) is 1. The summed E-state index contributed by atoms with van der Waals surface area (Å²) in [5, 5.41) is 12.3. The highest BCUT2D eigenvalue weighted by atomic mass is 16.5. The molecular formula is C37H31NO5. The summed E-state index contributed by atoms with van der Waals surface area (Å²) in [6.07, 6.45) is 0.429. The summed E-state index contributed by atoms with van der Waals surface area (Å²) >= 11 is 0. The van der Waals surface area contributed by atoms with Gasteiger partial charge in [0.2, 0.25) is 0 Å². The molecule has 6 aromatic rings. The molecule has 0 amide bonds. The van der Waals surface area contributed by atoms with Crippen molar-refractivity contribution in [1.29, 1.82) is 0 Å². The van der Waals surface area contributed by atoms with Crippen molar-refractivity contribution in [1.82, 2.24) is 4.57 Å². The first-order chi connectivity index (χ1) is 21.1. The minimum atomic E-state index is -0.859. The molecule has 0 aliphatic heterocycles. The lowest BCUT2D eigenvalue weighted by Crippen LogP contribution is -2.12. The smallest absolute Gasteiger partial charge is 0.303 e. The molecular weight excluding hydrogens is 538 g/mol. The van der Waals surface area contributed by atoms with E-state index in [4.69, 9.17) is 9.47 Å². The second-order valence-electron chi connectivity index (χ2n) is 10.4. The zero-order valence-corrected chi connectivity index (χ0v) is 23.6. The van der Waals surface area contributed by atoms with E-state index in [1.165, 1.54) is 0 Å². The maximum absolute atomic E-state index is 14.1. The second-order valence-corrected chi connectivity index (χ2v) is 10.4. The van der Waals surface area contributed by atoms with Crippen LogP contribution in [0.25, 0.3) is 21.7 Å². The lowest BCUT2D eigenvalue weighted by molar-refractivity contribution is -0.137. The Morgan fingerprint density at radius 1 is 0.674 bits per heavy atom. The lowest BCUT2D eigenvalue weighted by atomic mass is 10.00. The van der Waals surface area contributed by atoms with Crippen molar-refractivity contribution in [3.8, 4) is 11.5 Å². The number of aliphatic carboxylic acids is 1. The molecule has 0 aliphatic carbocycles. The highest BCUT2D eigenvalue weighted by molar-refractivity contribution is 6.17. The largest absolute Gasteiger partial charge is 0.489 e. The van der Waals surface area contributed by atoms with Crippen LogP contribution in [-0.2, 0) is 24.6 Å². The fourth-order valence-electron chi connectivity index (χ4n) is 5.41. The number of benzene rings is 5. The van der Waals surface area contributed by atoms with Crippen LogP contribution in [0.4, 0.5) is 0 Å². The fourth-order valence-corrected chi connectivity index (χ4v) is 5.41. The average Bonchev–Trinajstić information content (AvgIpc) is 3.35. The van der Waals surface area contributed by atoms with E-state index >= 15 is 0 Å². The van der Waals surface area contributed by atoms with Crippen LogP contribution in [0.3, 0.4) is 0 Å². The molecule has 0 unspecified atom stereocenters. The van der Waals surface area contributed by atoms with Crippen molar-refractivity contribution in [3.05, 3.63) is 144 Å². The molecule has 6 rings (SSSR count). The first-order valence-corrected chi connectivity index (χ1v) is 14.3. The predicted molar refractivity (Wildman–Crippen MR) is 168 cm³/mol. The van der Waals surface area contributed by atoms with E-state index < -0.39 is 5.97 Å². The van der Waals surface area contributed by atoms with Crippen LogP contribution in [0.2, 0.25) is 0 Å². The van der Waals surface area contributed by atoms with Crippen molar-refractivity contribution in [2.24, 2.45) is 0 Å². The van der Waals surface area contributed by atoms with E-state index in [0.29, 0.717) is 47.9 Å². The van der Waals surface area contributed by atoms with E-state index in [1.54, 1.807) is 12.1 Å². The second kappa shape index (κ2) is 12.7. The number of carbonyl (C=O) groups is 2. The number of carboxylic acids is 1. The van der Waals surface area contributed by atoms with Crippen molar-refractivity contribution in [3.63, 3.8) is 0 Å². The minimum Gasteiger partial charge on any atom is -0.489 e. The van der Waals surface area contributed by atoms with Crippen LogP contribution < -0.4 is 9.47 Å². The number of ether oxygens (including phenoxy) is 2. The summed E-state index contributed by atoms with van der Waals surface area (Å²) in [5.74, 6) is 0.344. The fraction of sp³-hybridized carbons (Fsp3) is 0.135. The molecule has 0 aliphatic rings. The number of hydrogen-bond donors (Lipinski definition) is 1. The Kier molecular flexibility index (Phi) is 8.18. The molecule has 0 saturated heterocycles. The molecule has 6 nitrogen and oxygen atoms in total. The van der Waals surface area contributed by atoms with E-state index in [9.17, 15) is 14.7 Å². The standard InChI is InChI=1S/C37H31NO5/c39-35(40)16-9-21-38-33-20-19-31(42-24-26-10-3-1-4-11-26)23-32(33)36(37(41)28-13-5-2-6-14-28)34(38)25-43-30-18-17-27-12-7-8-15-29(27)22-30/h1-8,10-15,17-20,22-23H,9,16,21,24-25H2,(H,39,40). The van der Waals surface area contributed by atoms with Crippen LogP contribution >= 0.6 is 0 Å². The Bertz CT molecular complexity index is 1890. The molecule has 0 saturated carbocycles. The molecule has 5 aromatic carbocycles. The number of carbonyl (C=O) groups excluding carboxylic acids is 1. The monoisotopic (exact) mass is 569 g/mol. The quantitative estimate of drug-likeness (QED) is 0.151. The molecule has 214 valence electrons. The number of hydrogen-bond acceptors (Lipinski definition) is 4. The zero-order chi connectivity index (χ0) is 29.6. The summed E-state index contributed by atoms with van der Waals surface area (Å²) in [5.41, 5.74) is 3.66. The van der Waals surface area contributed by atoms with Crippen LogP contribution in [0.5, 0.6) is 11.5 Å². The molecule has 1 heterocycles. The Balaban J connectivity index is 1.43. The molecule has 0 fully saturated rings. The van der Waals surface area contributed by atoms with Gasteiger partial charge in [-0.3, -0.25) is 9.59 Å². The molecule has 0 bridgehead atoms. The molecule has 43 heavy (non-hydrogen) atoms. The summed E-state index contributed by atoms with van der Waals surface area (Å²) in [6.45, 7) is 0.950. The maximum atomic E-state index is 14.1. The summed E-state index contributed by atoms with van der Waals surface area (Å²) in [6, 6.07) is 38.8. The molecule has 1 aromatic heterocycles. The van der Waals surface area contributed by atoms with Crippen molar-refractivity contribution < 1.29 is 24.2 Å². The summed E-state index contributed by atoms with van der Waals surface area (Å²) in [4.78, 5) is 25.5. The minimum absolute atomic E-state index is 0.0187. The lowest BCUT2D eigenvalue weighted by Gasteiger charge is -2.14. The Hall–Kier alpha value is -5.36. The maximum Gasteiger partial charge on any atom is 0.303 e. The Labute approximate surface area is 249 Å². The van der Waals surface area contributed by atoms with Crippen molar-refractivity contribution >= 4 is 33.4 Å². The third-order valence-electron chi connectivity index (χ3n) is 7.52. The normalized spacial score (nSPS) is 11.1. The molecule has 6 heteroatoms. The van der Waals surface area contributed by atoms with Crippen LogP contribution in [0.1, 0.15) is 40.0 Å². The van der Waals surface area contributed by atoms with Gasteiger partial charge in [0.1, 0.15) is 24.7 Å². The number of ketones is 1. The van der Waals surface area contributed by atoms with Gasteiger partial charge in [-0.2, -0.15) is 0 Å². The van der Waals surface area contributed by atoms with Gasteiger partial charge in [-0.25, -0.2) is 0 Å². The molecule has 0 spiro atoms. The van der Waals surface area contributed by atoms with Gasteiger partial charge in [0.05, 0.1) is 11.3 Å². The van der Waals surface area contributed by atoms with Gasteiger partial charge in [-0.15, -0.1) is 0 Å². The van der Waals surface area contributed by atoms with E-state index in [0.717, 1.165) is 27.2 Å². The SMILES string of the molecule is O=C(O)CCCn1c(COc2ccc3ccccc3c2)c(C(=O)c2ccccc2)c2cc(OCc3ccccc3)ccc21. The number of aromatic nitrogens is 1. The molecule has 0 radical (unpaired) electrons. The van der Waals surface area contributed by atoms with Gasteiger partial charge in [0.15, 0.2) is 5.78 Å². The van der Waals surface area contributed by atoms with Crippen LogP contribution in [0.15, 0.2) is 121 Å². The van der Waals surface area contributed by atoms with E-state index in [-0.39, 0.29) is 18.8 Å². The topological polar surface area (TPSA) is 77.8 Å². The Morgan fingerprint density at radius 2 is 1.33 bits per heavy atom. The first-order valence-electron chi connectivity index (χ1n) is 14.3. The van der Waals surface area contributed by atoms with Crippen LogP contribution in [0, 0.1) is 0 Å². The average molecular weight is 570 g/mol. The van der Waals surface area contributed by atoms with E-state index in [2.05, 4.69) is 0 Å². The number of aryl methyl sites for hydroxylation is 1. The zero-order valence-electron chi connectivity index (χ0n) is 23.6. The first kappa shape index (κ1) is 27.8. The van der Waals surface area contributed by atoms with Gasteiger partial charge in [0.25, 0.3) is 0 Å². The third kappa shape index (κ3) is 6.28. The van der Waals surface area contributed by atoms with Gasteiger partial charge in [-0.1, -0.05) is 91.0 Å². The molecule has 1 N–H and O–H groups in total.